The van der Waals surface area contributed by atoms with Gasteiger partial charge >= 0.3 is 0 Å². The normalized spacial score (nSPS) is 14.6. The van der Waals surface area contributed by atoms with Gasteiger partial charge in [-0.25, -0.2) is 0 Å². The zero-order valence-corrected chi connectivity index (χ0v) is 16.6. The zero-order valence-electron chi connectivity index (χ0n) is 16.6. The Labute approximate surface area is 176 Å². The maximum Gasteiger partial charge on any atom is 0.276 e. The number of carbonyl (C=O) groups excluding carboxylic acids is 2. The summed E-state index contributed by atoms with van der Waals surface area (Å²) < 4.78 is 5.70. The fourth-order valence-corrected chi connectivity index (χ4v) is 3.90. The molecule has 30 heavy (non-hydrogen) atoms. The maximum atomic E-state index is 12.3. The minimum absolute atomic E-state index is 0.184. The Morgan fingerprint density at radius 2 is 1.53 bits per heavy atom. The van der Waals surface area contributed by atoms with Crippen LogP contribution in [-0.4, -0.2) is 18.4 Å². The average molecular weight is 400 g/mol. The fraction of sp³-hybridized carbons (Fsp3) is 0.200. The molecular formula is C25H24N2O3. The van der Waals surface area contributed by atoms with E-state index in [1.807, 2.05) is 66.7 Å². The molecule has 0 bridgehead atoms. The Kier molecular flexibility index (Phi) is 6.09. The molecule has 152 valence electrons. The van der Waals surface area contributed by atoms with E-state index < -0.39 is 5.91 Å². The first kappa shape index (κ1) is 19.7. The molecule has 4 rings (SSSR count). The van der Waals surface area contributed by atoms with Gasteiger partial charge in [-0.2, -0.15) is 0 Å². The standard InChI is InChI=1S/C25H24N2O3/c28-24(16-20-15-14-19-10-4-5-11-21(19)20)26-27-25(29)17-30-23-13-7-6-12-22(23)18-8-2-1-3-9-18/h1-13,20H,14-17H2,(H,26,28)(H,27,29). The van der Waals surface area contributed by atoms with Crippen molar-refractivity contribution in [1.29, 1.82) is 0 Å². The van der Waals surface area contributed by atoms with Crippen molar-refractivity contribution in [2.24, 2.45) is 0 Å². The number of fused-ring (bicyclic) bond motifs is 1. The summed E-state index contributed by atoms with van der Waals surface area (Å²) >= 11 is 0. The number of amides is 2. The number of carbonyl (C=O) groups is 2. The van der Waals surface area contributed by atoms with Crippen molar-refractivity contribution in [1.82, 2.24) is 10.9 Å². The zero-order chi connectivity index (χ0) is 20.8. The smallest absolute Gasteiger partial charge is 0.276 e. The molecule has 5 nitrogen and oxygen atoms in total. The van der Waals surface area contributed by atoms with Crippen molar-refractivity contribution in [3.05, 3.63) is 90.0 Å². The van der Waals surface area contributed by atoms with E-state index in [0.717, 1.165) is 24.0 Å². The summed E-state index contributed by atoms with van der Waals surface area (Å²) in [6.07, 6.45) is 2.31. The number of rotatable bonds is 6. The van der Waals surface area contributed by atoms with Crippen LogP contribution in [0.5, 0.6) is 5.75 Å². The van der Waals surface area contributed by atoms with Crippen molar-refractivity contribution in [2.75, 3.05) is 6.61 Å². The van der Waals surface area contributed by atoms with Gasteiger partial charge in [0.25, 0.3) is 5.91 Å². The maximum absolute atomic E-state index is 12.3. The molecule has 1 aliphatic rings. The lowest BCUT2D eigenvalue weighted by Gasteiger charge is -2.14. The molecule has 3 aromatic carbocycles. The van der Waals surface area contributed by atoms with Crippen molar-refractivity contribution in [3.8, 4) is 16.9 Å². The summed E-state index contributed by atoms with van der Waals surface area (Å²) in [5, 5.41) is 0. The first-order valence-electron chi connectivity index (χ1n) is 10.1. The highest BCUT2D eigenvalue weighted by atomic mass is 16.5. The third kappa shape index (κ3) is 4.69. The Morgan fingerprint density at radius 1 is 0.833 bits per heavy atom. The number of hydrazine groups is 1. The first-order chi connectivity index (χ1) is 14.7. The van der Waals surface area contributed by atoms with Crippen LogP contribution in [0.25, 0.3) is 11.1 Å². The Balaban J connectivity index is 1.27. The molecule has 0 fully saturated rings. The molecule has 0 spiro atoms. The van der Waals surface area contributed by atoms with Crippen molar-refractivity contribution >= 4 is 11.8 Å². The van der Waals surface area contributed by atoms with Crippen LogP contribution >= 0.6 is 0 Å². The van der Waals surface area contributed by atoms with Crippen LogP contribution in [0.4, 0.5) is 0 Å². The van der Waals surface area contributed by atoms with Gasteiger partial charge in [-0.15, -0.1) is 0 Å². The Hall–Kier alpha value is -3.60. The number of nitrogens with one attached hydrogen (secondary N) is 2. The number of aryl methyl sites for hydroxylation is 1. The van der Waals surface area contributed by atoms with E-state index in [1.54, 1.807) is 0 Å². The highest BCUT2D eigenvalue weighted by molar-refractivity contribution is 5.83. The van der Waals surface area contributed by atoms with E-state index in [9.17, 15) is 9.59 Å². The minimum Gasteiger partial charge on any atom is -0.483 e. The molecule has 0 radical (unpaired) electrons. The molecule has 3 aromatic rings. The molecule has 1 atom stereocenters. The van der Waals surface area contributed by atoms with Crippen LogP contribution in [0.15, 0.2) is 78.9 Å². The van der Waals surface area contributed by atoms with E-state index in [0.29, 0.717) is 12.2 Å². The predicted octanol–water partition coefficient (Wildman–Crippen LogP) is 4.00. The van der Waals surface area contributed by atoms with Crippen LogP contribution in [0.2, 0.25) is 0 Å². The second kappa shape index (κ2) is 9.27. The van der Waals surface area contributed by atoms with Crippen LogP contribution in [0.3, 0.4) is 0 Å². The highest BCUT2D eigenvalue weighted by Gasteiger charge is 2.24. The lowest BCUT2D eigenvalue weighted by molar-refractivity contribution is -0.130. The molecule has 0 heterocycles. The molecule has 5 heteroatoms. The predicted molar refractivity (Wildman–Crippen MR) is 116 cm³/mol. The number of para-hydroxylation sites is 1. The lowest BCUT2D eigenvalue weighted by atomic mass is 9.98. The lowest BCUT2D eigenvalue weighted by Crippen LogP contribution is -2.44. The van der Waals surface area contributed by atoms with Crippen molar-refractivity contribution < 1.29 is 14.3 Å². The topological polar surface area (TPSA) is 67.4 Å². The van der Waals surface area contributed by atoms with E-state index in [4.69, 9.17) is 4.74 Å². The molecule has 2 amide bonds. The molecule has 1 unspecified atom stereocenters. The van der Waals surface area contributed by atoms with Gasteiger partial charge in [-0.3, -0.25) is 20.4 Å². The number of ether oxygens (including phenoxy) is 1. The van der Waals surface area contributed by atoms with E-state index in [1.165, 1.54) is 11.1 Å². The van der Waals surface area contributed by atoms with Gasteiger partial charge in [0.15, 0.2) is 6.61 Å². The highest BCUT2D eigenvalue weighted by Crippen LogP contribution is 2.35. The summed E-state index contributed by atoms with van der Waals surface area (Å²) in [5.74, 6) is 0.215. The Bertz CT molecular complexity index is 1030. The number of benzene rings is 3. The van der Waals surface area contributed by atoms with Gasteiger partial charge < -0.3 is 4.74 Å². The molecule has 0 saturated carbocycles. The van der Waals surface area contributed by atoms with Crippen molar-refractivity contribution in [2.45, 2.75) is 25.2 Å². The van der Waals surface area contributed by atoms with Gasteiger partial charge in [0.1, 0.15) is 5.75 Å². The molecule has 2 N–H and O–H groups in total. The van der Waals surface area contributed by atoms with Gasteiger partial charge in [-0.1, -0.05) is 72.8 Å². The minimum atomic E-state index is -0.405. The molecule has 0 aromatic heterocycles. The summed E-state index contributed by atoms with van der Waals surface area (Å²) in [7, 11) is 0. The largest absolute Gasteiger partial charge is 0.483 e. The second-order valence-corrected chi connectivity index (χ2v) is 7.39. The van der Waals surface area contributed by atoms with Crippen LogP contribution < -0.4 is 15.6 Å². The van der Waals surface area contributed by atoms with Gasteiger partial charge in [0.2, 0.25) is 5.91 Å². The summed E-state index contributed by atoms with van der Waals surface area (Å²) in [6, 6.07) is 25.6. The third-order valence-electron chi connectivity index (χ3n) is 5.36. The van der Waals surface area contributed by atoms with Crippen molar-refractivity contribution in [3.63, 3.8) is 0 Å². The molecule has 0 aliphatic heterocycles. The summed E-state index contributed by atoms with van der Waals surface area (Å²) in [6.45, 7) is -0.184. The quantitative estimate of drug-likeness (QED) is 0.615. The van der Waals surface area contributed by atoms with Gasteiger partial charge in [0.05, 0.1) is 0 Å². The summed E-state index contributed by atoms with van der Waals surface area (Å²) in [5.41, 5.74) is 9.42. The van der Waals surface area contributed by atoms with Gasteiger partial charge in [-0.05, 0) is 41.5 Å². The van der Waals surface area contributed by atoms with Crippen LogP contribution in [0.1, 0.15) is 29.9 Å². The summed E-state index contributed by atoms with van der Waals surface area (Å²) in [4.78, 5) is 24.4. The fourth-order valence-electron chi connectivity index (χ4n) is 3.90. The molecular weight excluding hydrogens is 376 g/mol. The van der Waals surface area contributed by atoms with E-state index >= 15 is 0 Å². The first-order valence-corrected chi connectivity index (χ1v) is 10.1. The average Bonchev–Trinajstić information content (AvgIpc) is 3.20. The van der Waals surface area contributed by atoms with E-state index in [-0.39, 0.29) is 18.4 Å². The SMILES string of the molecule is O=C(COc1ccccc1-c1ccccc1)NNC(=O)CC1CCc2ccccc21. The number of hydrogen-bond acceptors (Lipinski definition) is 3. The Morgan fingerprint density at radius 3 is 2.40 bits per heavy atom. The van der Waals surface area contributed by atoms with Gasteiger partial charge in [0, 0.05) is 12.0 Å². The third-order valence-corrected chi connectivity index (χ3v) is 5.36. The van der Waals surface area contributed by atoms with E-state index in [2.05, 4.69) is 23.0 Å². The monoisotopic (exact) mass is 400 g/mol. The number of hydrogen-bond donors (Lipinski definition) is 2. The molecule has 1 aliphatic carbocycles. The van der Waals surface area contributed by atoms with Crippen LogP contribution in [-0.2, 0) is 16.0 Å². The van der Waals surface area contributed by atoms with Crippen LogP contribution in [0, 0.1) is 0 Å². The molecule has 0 saturated heterocycles. The second-order valence-electron chi connectivity index (χ2n) is 7.39.